The second kappa shape index (κ2) is 8.27. The van der Waals surface area contributed by atoms with Gasteiger partial charge in [0.05, 0.1) is 12.3 Å². The van der Waals surface area contributed by atoms with E-state index in [1.165, 1.54) is 44.1 Å². The Hall–Kier alpha value is -0.910. The van der Waals surface area contributed by atoms with E-state index >= 15 is 0 Å². The first kappa shape index (κ1) is 16.9. The Kier molecular flexibility index (Phi) is 6.08. The van der Waals surface area contributed by atoms with Crippen molar-refractivity contribution in [1.82, 2.24) is 19.6 Å². The van der Waals surface area contributed by atoms with Crippen LogP contribution in [-0.4, -0.2) is 63.5 Å². The maximum absolute atomic E-state index is 10.6. The molecule has 0 radical (unpaired) electrons. The van der Waals surface area contributed by atoms with E-state index in [4.69, 9.17) is 0 Å². The van der Waals surface area contributed by atoms with E-state index < -0.39 is 0 Å². The lowest BCUT2D eigenvalue weighted by Crippen LogP contribution is -2.39. The van der Waals surface area contributed by atoms with Crippen LogP contribution >= 0.6 is 0 Å². The first-order valence-electron chi connectivity index (χ1n) is 9.31. The Morgan fingerprint density at radius 1 is 1.09 bits per heavy atom. The van der Waals surface area contributed by atoms with Crippen LogP contribution in [0.25, 0.3) is 0 Å². The zero-order chi connectivity index (χ0) is 16.1. The third kappa shape index (κ3) is 5.03. The van der Waals surface area contributed by atoms with Gasteiger partial charge in [-0.1, -0.05) is 19.3 Å². The normalized spacial score (nSPS) is 23.7. The average Bonchev–Trinajstić information content (AvgIpc) is 2.84. The van der Waals surface area contributed by atoms with Gasteiger partial charge in [-0.15, -0.1) is 0 Å². The monoisotopic (exact) mass is 320 g/mol. The fourth-order valence-corrected chi connectivity index (χ4v) is 4.11. The smallest absolute Gasteiger partial charge is 0.0695 e. The summed E-state index contributed by atoms with van der Waals surface area (Å²) in [4.78, 5) is 4.99. The average molecular weight is 320 g/mol. The predicted molar refractivity (Wildman–Crippen MR) is 92.1 cm³/mol. The van der Waals surface area contributed by atoms with Gasteiger partial charge >= 0.3 is 0 Å². The Labute approximate surface area is 140 Å². The summed E-state index contributed by atoms with van der Waals surface area (Å²) in [6, 6.07) is 0. The van der Waals surface area contributed by atoms with Crippen LogP contribution in [0, 0.1) is 5.92 Å². The van der Waals surface area contributed by atoms with Crippen LogP contribution in [0.2, 0.25) is 0 Å². The van der Waals surface area contributed by atoms with Crippen LogP contribution in [0.5, 0.6) is 0 Å². The van der Waals surface area contributed by atoms with E-state index in [0.717, 1.165) is 39.3 Å². The fourth-order valence-electron chi connectivity index (χ4n) is 4.11. The number of aliphatic hydroxyl groups excluding tert-OH is 1. The van der Waals surface area contributed by atoms with Crippen molar-refractivity contribution >= 4 is 0 Å². The van der Waals surface area contributed by atoms with Crippen molar-refractivity contribution in [1.29, 1.82) is 0 Å². The standard InChI is InChI=1S/C18H32N4O/c1-20-13-16(12-19-20)14-21-8-5-9-22(11-10-21)15-18(23)17-6-3-2-4-7-17/h12-13,17-18,23H,2-11,14-15H2,1H3/t18-/m0/s1. The zero-order valence-corrected chi connectivity index (χ0v) is 14.5. The molecule has 1 aliphatic carbocycles. The molecule has 1 aromatic rings. The van der Waals surface area contributed by atoms with E-state index in [9.17, 15) is 5.11 Å². The Balaban J connectivity index is 1.44. The van der Waals surface area contributed by atoms with Crippen molar-refractivity contribution in [2.75, 3.05) is 32.7 Å². The van der Waals surface area contributed by atoms with Crippen molar-refractivity contribution < 1.29 is 5.11 Å². The first-order chi connectivity index (χ1) is 11.2. The molecule has 0 aromatic carbocycles. The SMILES string of the molecule is Cn1cc(CN2CCCN(C[C@H](O)C3CCCCC3)CC2)cn1. The van der Waals surface area contributed by atoms with E-state index in [1.807, 2.05) is 17.9 Å². The third-order valence-electron chi connectivity index (χ3n) is 5.48. The lowest BCUT2D eigenvalue weighted by Gasteiger charge is -2.31. The number of aliphatic hydroxyl groups is 1. The highest BCUT2D eigenvalue weighted by Gasteiger charge is 2.24. The summed E-state index contributed by atoms with van der Waals surface area (Å²) in [5.41, 5.74) is 1.29. The van der Waals surface area contributed by atoms with Gasteiger partial charge in [-0.05, 0) is 38.3 Å². The Bertz CT molecular complexity index is 469. The van der Waals surface area contributed by atoms with E-state index in [2.05, 4.69) is 21.1 Å². The summed E-state index contributed by atoms with van der Waals surface area (Å²) >= 11 is 0. The molecule has 0 bridgehead atoms. The number of hydrogen-bond donors (Lipinski definition) is 1. The van der Waals surface area contributed by atoms with Crippen molar-refractivity contribution in [2.24, 2.45) is 13.0 Å². The van der Waals surface area contributed by atoms with Gasteiger partial charge in [0.15, 0.2) is 0 Å². The Morgan fingerprint density at radius 3 is 2.57 bits per heavy atom. The molecular weight excluding hydrogens is 288 g/mol. The molecule has 1 aromatic heterocycles. The second-order valence-electron chi connectivity index (χ2n) is 7.42. The number of β-amino-alcohol motifs (C(OH)–C–C–N with tert-alkyl or cyclic N) is 1. The number of aryl methyl sites for hydroxylation is 1. The van der Waals surface area contributed by atoms with Gasteiger partial charge in [-0.25, -0.2) is 0 Å². The highest BCUT2D eigenvalue weighted by atomic mass is 16.3. The molecule has 0 amide bonds. The second-order valence-corrected chi connectivity index (χ2v) is 7.42. The summed E-state index contributed by atoms with van der Waals surface area (Å²) in [6.07, 6.45) is 11.6. The van der Waals surface area contributed by atoms with Gasteiger partial charge in [0.2, 0.25) is 0 Å². The van der Waals surface area contributed by atoms with Gasteiger partial charge in [-0.2, -0.15) is 5.10 Å². The van der Waals surface area contributed by atoms with E-state index in [1.54, 1.807) is 0 Å². The topological polar surface area (TPSA) is 44.5 Å². The van der Waals surface area contributed by atoms with Gasteiger partial charge in [0, 0.05) is 45.0 Å². The molecule has 130 valence electrons. The summed E-state index contributed by atoms with van der Waals surface area (Å²) in [5, 5.41) is 14.8. The lowest BCUT2D eigenvalue weighted by molar-refractivity contribution is 0.0486. The van der Waals surface area contributed by atoms with Crippen molar-refractivity contribution in [3.05, 3.63) is 18.0 Å². The zero-order valence-electron chi connectivity index (χ0n) is 14.5. The van der Waals surface area contributed by atoms with Crippen LogP contribution in [-0.2, 0) is 13.6 Å². The third-order valence-corrected chi connectivity index (χ3v) is 5.48. The molecule has 0 spiro atoms. The molecule has 1 atom stereocenters. The fraction of sp³-hybridized carbons (Fsp3) is 0.833. The molecule has 0 unspecified atom stereocenters. The molecule has 2 fully saturated rings. The minimum absolute atomic E-state index is 0.125. The Morgan fingerprint density at radius 2 is 1.83 bits per heavy atom. The highest BCUT2D eigenvalue weighted by Crippen LogP contribution is 2.27. The molecule has 2 aliphatic rings. The largest absolute Gasteiger partial charge is 0.392 e. The summed E-state index contributed by atoms with van der Waals surface area (Å²) < 4.78 is 1.87. The first-order valence-corrected chi connectivity index (χ1v) is 9.31. The molecule has 1 saturated heterocycles. The van der Waals surface area contributed by atoms with Crippen LogP contribution < -0.4 is 0 Å². The predicted octanol–water partition coefficient (Wildman–Crippen LogP) is 1.87. The molecule has 3 rings (SSSR count). The molecule has 1 N–H and O–H groups in total. The minimum atomic E-state index is -0.125. The number of nitrogens with zero attached hydrogens (tertiary/aromatic N) is 4. The maximum Gasteiger partial charge on any atom is 0.0695 e. The van der Waals surface area contributed by atoms with E-state index in [-0.39, 0.29) is 6.10 Å². The van der Waals surface area contributed by atoms with Gasteiger partial charge < -0.3 is 5.11 Å². The highest BCUT2D eigenvalue weighted by molar-refractivity contribution is 5.03. The summed E-state index contributed by atoms with van der Waals surface area (Å²) in [6.45, 7) is 6.28. The van der Waals surface area contributed by atoms with Gasteiger partial charge in [0.25, 0.3) is 0 Å². The summed E-state index contributed by atoms with van der Waals surface area (Å²) in [5.74, 6) is 0.540. The molecule has 5 heteroatoms. The van der Waals surface area contributed by atoms with Crippen molar-refractivity contribution in [2.45, 2.75) is 51.2 Å². The van der Waals surface area contributed by atoms with Gasteiger partial charge in [-0.3, -0.25) is 14.5 Å². The van der Waals surface area contributed by atoms with Crippen LogP contribution in [0.15, 0.2) is 12.4 Å². The van der Waals surface area contributed by atoms with Gasteiger partial charge in [0.1, 0.15) is 0 Å². The van der Waals surface area contributed by atoms with Crippen LogP contribution in [0.1, 0.15) is 44.1 Å². The molecular formula is C18H32N4O. The minimum Gasteiger partial charge on any atom is -0.392 e. The maximum atomic E-state index is 10.6. The molecule has 2 heterocycles. The van der Waals surface area contributed by atoms with Crippen molar-refractivity contribution in [3.63, 3.8) is 0 Å². The molecule has 1 aliphatic heterocycles. The van der Waals surface area contributed by atoms with Crippen LogP contribution in [0.4, 0.5) is 0 Å². The quantitative estimate of drug-likeness (QED) is 0.899. The van der Waals surface area contributed by atoms with E-state index in [0.29, 0.717) is 5.92 Å². The van der Waals surface area contributed by atoms with Crippen LogP contribution in [0.3, 0.4) is 0 Å². The summed E-state index contributed by atoms with van der Waals surface area (Å²) in [7, 11) is 1.97. The molecule has 1 saturated carbocycles. The molecule has 5 nitrogen and oxygen atoms in total. The van der Waals surface area contributed by atoms with Crippen molar-refractivity contribution in [3.8, 4) is 0 Å². The number of hydrogen-bond acceptors (Lipinski definition) is 4. The lowest BCUT2D eigenvalue weighted by atomic mass is 9.85. The molecule has 23 heavy (non-hydrogen) atoms. The number of rotatable bonds is 5. The number of aromatic nitrogens is 2.